The first-order valence-corrected chi connectivity index (χ1v) is 7.15. The molecule has 2 aromatic rings. The summed E-state index contributed by atoms with van der Waals surface area (Å²) in [6, 6.07) is 7.82. The van der Waals surface area contributed by atoms with E-state index in [1.807, 2.05) is 51.4 Å². The van der Waals surface area contributed by atoms with Crippen molar-refractivity contribution in [2.45, 2.75) is 20.0 Å². The van der Waals surface area contributed by atoms with E-state index >= 15 is 0 Å². The SMILES string of the molecule is CNc1nc(-c2ccc(OC(C)C)cc2)ncc1I. The monoisotopic (exact) mass is 369 g/mol. The van der Waals surface area contributed by atoms with Crippen molar-refractivity contribution in [3.05, 3.63) is 34.0 Å². The first-order chi connectivity index (χ1) is 9.10. The van der Waals surface area contributed by atoms with Crippen LogP contribution in [0.4, 0.5) is 5.82 Å². The molecule has 19 heavy (non-hydrogen) atoms. The van der Waals surface area contributed by atoms with Gasteiger partial charge in [-0.2, -0.15) is 0 Å². The molecule has 1 aromatic heterocycles. The smallest absolute Gasteiger partial charge is 0.161 e. The summed E-state index contributed by atoms with van der Waals surface area (Å²) < 4.78 is 6.62. The van der Waals surface area contributed by atoms with Crippen LogP contribution in [0.1, 0.15) is 13.8 Å². The van der Waals surface area contributed by atoms with E-state index in [0.717, 1.165) is 20.7 Å². The highest BCUT2D eigenvalue weighted by Crippen LogP contribution is 2.22. The average molecular weight is 369 g/mol. The number of anilines is 1. The van der Waals surface area contributed by atoms with Gasteiger partial charge < -0.3 is 10.1 Å². The fourth-order valence-corrected chi connectivity index (χ4v) is 2.17. The fourth-order valence-electron chi connectivity index (χ4n) is 1.64. The molecular formula is C14H16IN3O. The molecule has 0 amide bonds. The summed E-state index contributed by atoms with van der Waals surface area (Å²) in [7, 11) is 1.86. The van der Waals surface area contributed by atoms with Crippen LogP contribution in [-0.4, -0.2) is 23.1 Å². The molecule has 0 fully saturated rings. The average Bonchev–Trinajstić information content (AvgIpc) is 2.40. The quantitative estimate of drug-likeness (QED) is 0.837. The van der Waals surface area contributed by atoms with Crippen molar-refractivity contribution in [3.8, 4) is 17.1 Å². The standard InChI is InChI=1S/C14H16IN3O/c1-9(2)19-11-6-4-10(5-7-11)13-17-8-12(15)14(16-3)18-13/h4-9H,1-3H3,(H,16,17,18). The third kappa shape index (κ3) is 3.56. The summed E-state index contributed by atoms with van der Waals surface area (Å²) >= 11 is 2.21. The van der Waals surface area contributed by atoms with E-state index in [1.165, 1.54) is 0 Å². The number of halogens is 1. The second-order valence-electron chi connectivity index (χ2n) is 4.33. The summed E-state index contributed by atoms with van der Waals surface area (Å²) in [4.78, 5) is 8.83. The molecule has 1 N–H and O–H groups in total. The number of nitrogens with zero attached hydrogens (tertiary/aromatic N) is 2. The Kier molecular flexibility index (Phi) is 4.57. The topological polar surface area (TPSA) is 47.0 Å². The van der Waals surface area contributed by atoms with Gasteiger partial charge in [0.15, 0.2) is 5.82 Å². The van der Waals surface area contributed by atoms with Crippen LogP contribution in [0.3, 0.4) is 0 Å². The van der Waals surface area contributed by atoms with Gasteiger partial charge in [-0.15, -0.1) is 0 Å². The third-order valence-electron chi connectivity index (χ3n) is 2.47. The maximum atomic E-state index is 5.61. The predicted molar refractivity (Wildman–Crippen MR) is 85.5 cm³/mol. The molecule has 2 rings (SSSR count). The Morgan fingerprint density at radius 3 is 2.47 bits per heavy atom. The van der Waals surface area contributed by atoms with Crippen molar-refractivity contribution in [3.63, 3.8) is 0 Å². The lowest BCUT2D eigenvalue weighted by atomic mass is 10.2. The number of hydrogen-bond donors (Lipinski definition) is 1. The second-order valence-corrected chi connectivity index (χ2v) is 5.49. The molecule has 0 atom stereocenters. The molecule has 0 aliphatic heterocycles. The van der Waals surface area contributed by atoms with Gasteiger partial charge in [0, 0.05) is 18.8 Å². The van der Waals surface area contributed by atoms with Crippen molar-refractivity contribution >= 4 is 28.4 Å². The largest absolute Gasteiger partial charge is 0.491 e. The van der Waals surface area contributed by atoms with E-state index in [4.69, 9.17) is 4.74 Å². The number of nitrogens with one attached hydrogen (secondary N) is 1. The summed E-state index contributed by atoms with van der Waals surface area (Å²) in [6.45, 7) is 4.02. The summed E-state index contributed by atoms with van der Waals surface area (Å²) in [5.41, 5.74) is 0.976. The Morgan fingerprint density at radius 1 is 1.21 bits per heavy atom. The molecular weight excluding hydrogens is 353 g/mol. The molecule has 1 heterocycles. The highest BCUT2D eigenvalue weighted by Gasteiger charge is 2.06. The van der Waals surface area contributed by atoms with Gasteiger partial charge in [0.05, 0.1) is 9.67 Å². The van der Waals surface area contributed by atoms with E-state index in [2.05, 4.69) is 37.9 Å². The van der Waals surface area contributed by atoms with Crippen LogP contribution in [-0.2, 0) is 0 Å². The molecule has 5 heteroatoms. The molecule has 0 spiro atoms. The maximum absolute atomic E-state index is 5.61. The molecule has 1 aromatic carbocycles. The van der Waals surface area contributed by atoms with Gasteiger partial charge in [-0.25, -0.2) is 9.97 Å². The van der Waals surface area contributed by atoms with Crippen molar-refractivity contribution in [2.75, 3.05) is 12.4 Å². The van der Waals surface area contributed by atoms with Crippen molar-refractivity contribution in [1.82, 2.24) is 9.97 Å². The zero-order valence-electron chi connectivity index (χ0n) is 11.1. The van der Waals surface area contributed by atoms with E-state index < -0.39 is 0 Å². The highest BCUT2D eigenvalue weighted by molar-refractivity contribution is 14.1. The minimum atomic E-state index is 0.177. The molecule has 0 aliphatic rings. The minimum absolute atomic E-state index is 0.177. The Labute approximate surface area is 126 Å². The normalized spacial score (nSPS) is 10.6. The number of aromatic nitrogens is 2. The van der Waals surface area contributed by atoms with Crippen LogP contribution in [0.25, 0.3) is 11.4 Å². The van der Waals surface area contributed by atoms with Crippen LogP contribution >= 0.6 is 22.6 Å². The van der Waals surface area contributed by atoms with E-state index in [-0.39, 0.29) is 6.10 Å². The molecule has 0 radical (unpaired) electrons. The number of rotatable bonds is 4. The number of benzene rings is 1. The summed E-state index contributed by atoms with van der Waals surface area (Å²) in [5.74, 6) is 2.41. The molecule has 0 aliphatic carbocycles. The van der Waals surface area contributed by atoms with E-state index in [0.29, 0.717) is 5.82 Å². The molecule has 100 valence electrons. The number of hydrogen-bond acceptors (Lipinski definition) is 4. The third-order valence-corrected chi connectivity index (χ3v) is 3.25. The minimum Gasteiger partial charge on any atom is -0.491 e. The summed E-state index contributed by atoms with van der Waals surface area (Å²) in [5, 5.41) is 3.06. The van der Waals surface area contributed by atoms with Crippen molar-refractivity contribution in [1.29, 1.82) is 0 Å². The van der Waals surface area contributed by atoms with Crippen LogP contribution < -0.4 is 10.1 Å². The van der Waals surface area contributed by atoms with Gasteiger partial charge in [0.25, 0.3) is 0 Å². The van der Waals surface area contributed by atoms with Gasteiger partial charge >= 0.3 is 0 Å². The van der Waals surface area contributed by atoms with Gasteiger partial charge in [-0.05, 0) is 60.7 Å². The molecule has 0 unspecified atom stereocenters. The van der Waals surface area contributed by atoms with E-state index in [1.54, 1.807) is 0 Å². The van der Waals surface area contributed by atoms with Crippen molar-refractivity contribution in [2.24, 2.45) is 0 Å². The van der Waals surface area contributed by atoms with Gasteiger partial charge in [0.1, 0.15) is 11.6 Å². The lowest BCUT2D eigenvalue weighted by Gasteiger charge is -2.10. The lowest BCUT2D eigenvalue weighted by Crippen LogP contribution is -2.05. The highest BCUT2D eigenvalue weighted by atomic mass is 127. The van der Waals surface area contributed by atoms with Crippen LogP contribution in [0.2, 0.25) is 0 Å². The Morgan fingerprint density at radius 2 is 1.89 bits per heavy atom. The molecule has 0 bridgehead atoms. The number of ether oxygens (including phenoxy) is 1. The van der Waals surface area contributed by atoms with Crippen LogP contribution in [0, 0.1) is 3.57 Å². The Balaban J connectivity index is 2.27. The first kappa shape index (κ1) is 14.0. The van der Waals surface area contributed by atoms with Crippen molar-refractivity contribution < 1.29 is 4.74 Å². The predicted octanol–water partition coefficient (Wildman–Crippen LogP) is 3.58. The Bertz CT molecular complexity index is 555. The lowest BCUT2D eigenvalue weighted by molar-refractivity contribution is 0.242. The Hall–Kier alpha value is -1.37. The molecule has 0 saturated heterocycles. The molecule has 4 nitrogen and oxygen atoms in total. The van der Waals surface area contributed by atoms with Crippen LogP contribution in [0.15, 0.2) is 30.5 Å². The zero-order chi connectivity index (χ0) is 13.8. The zero-order valence-corrected chi connectivity index (χ0v) is 13.3. The first-order valence-electron chi connectivity index (χ1n) is 6.07. The second kappa shape index (κ2) is 6.18. The van der Waals surface area contributed by atoms with E-state index in [9.17, 15) is 0 Å². The summed E-state index contributed by atoms with van der Waals surface area (Å²) in [6.07, 6.45) is 1.99. The van der Waals surface area contributed by atoms with Gasteiger partial charge in [0.2, 0.25) is 0 Å². The molecule has 0 saturated carbocycles. The van der Waals surface area contributed by atoms with Gasteiger partial charge in [-0.1, -0.05) is 0 Å². The van der Waals surface area contributed by atoms with Crippen LogP contribution in [0.5, 0.6) is 5.75 Å². The van der Waals surface area contributed by atoms with Gasteiger partial charge in [-0.3, -0.25) is 0 Å². The maximum Gasteiger partial charge on any atom is 0.161 e. The fraction of sp³-hybridized carbons (Fsp3) is 0.286.